The van der Waals surface area contributed by atoms with Gasteiger partial charge in [-0.25, -0.2) is 0 Å². The van der Waals surface area contributed by atoms with Gasteiger partial charge in [0.1, 0.15) is 11.9 Å². The molecule has 0 radical (unpaired) electrons. The van der Waals surface area contributed by atoms with Crippen LogP contribution in [0.1, 0.15) is 16.5 Å². The molecule has 0 spiro atoms. The Hall–Kier alpha value is -1.53. The third kappa shape index (κ3) is 3.98. The van der Waals surface area contributed by atoms with Crippen molar-refractivity contribution in [3.8, 4) is 0 Å². The van der Waals surface area contributed by atoms with Crippen molar-refractivity contribution in [2.45, 2.75) is 12.3 Å². The first kappa shape index (κ1) is 15.9. The standard InChI is InChI=1S/C15H20N2O3S/c1-11-5-3-4-6-12(11)15-17(14(19)10-21-15)9-13(18)16-7-8-20-2/h3-6,15H,7-10H2,1-2H3,(H,16,18)/t15-/m1/s1. The van der Waals surface area contributed by atoms with Crippen LogP contribution in [0, 0.1) is 6.92 Å². The van der Waals surface area contributed by atoms with Crippen LogP contribution in [0.4, 0.5) is 0 Å². The molecule has 21 heavy (non-hydrogen) atoms. The molecule has 0 aliphatic carbocycles. The maximum absolute atomic E-state index is 12.0. The molecule has 5 nitrogen and oxygen atoms in total. The van der Waals surface area contributed by atoms with Gasteiger partial charge < -0.3 is 15.0 Å². The number of rotatable bonds is 6. The van der Waals surface area contributed by atoms with Gasteiger partial charge in [-0.1, -0.05) is 24.3 Å². The van der Waals surface area contributed by atoms with Crippen LogP contribution in [-0.2, 0) is 14.3 Å². The van der Waals surface area contributed by atoms with E-state index in [0.29, 0.717) is 18.9 Å². The van der Waals surface area contributed by atoms with Crippen LogP contribution >= 0.6 is 11.8 Å². The van der Waals surface area contributed by atoms with E-state index in [1.807, 2.05) is 31.2 Å². The van der Waals surface area contributed by atoms with Gasteiger partial charge in [-0.05, 0) is 18.1 Å². The molecular weight excluding hydrogens is 288 g/mol. The van der Waals surface area contributed by atoms with Crippen molar-refractivity contribution in [3.63, 3.8) is 0 Å². The van der Waals surface area contributed by atoms with E-state index in [2.05, 4.69) is 5.32 Å². The quantitative estimate of drug-likeness (QED) is 0.806. The van der Waals surface area contributed by atoms with Gasteiger partial charge in [-0.2, -0.15) is 0 Å². The molecule has 2 rings (SSSR count). The summed E-state index contributed by atoms with van der Waals surface area (Å²) in [5.41, 5.74) is 2.23. The smallest absolute Gasteiger partial charge is 0.239 e. The maximum Gasteiger partial charge on any atom is 0.239 e. The normalized spacial score (nSPS) is 18.1. The van der Waals surface area contributed by atoms with Gasteiger partial charge in [0.25, 0.3) is 0 Å². The number of nitrogens with one attached hydrogen (secondary N) is 1. The molecule has 0 bridgehead atoms. The summed E-state index contributed by atoms with van der Waals surface area (Å²) in [7, 11) is 1.58. The molecule has 1 aromatic carbocycles. The zero-order valence-electron chi connectivity index (χ0n) is 12.3. The van der Waals surface area contributed by atoms with E-state index < -0.39 is 0 Å². The summed E-state index contributed by atoms with van der Waals surface area (Å²) in [4.78, 5) is 25.6. The molecule has 1 N–H and O–H groups in total. The number of hydrogen-bond acceptors (Lipinski definition) is 4. The highest BCUT2D eigenvalue weighted by Crippen LogP contribution is 2.39. The van der Waals surface area contributed by atoms with Gasteiger partial charge in [0.15, 0.2) is 0 Å². The molecule has 0 saturated carbocycles. The van der Waals surface area contributed by atoms with Crippen LogP contribution in [0.25, 0.3) is 0 Å². The van der Waals surface area contributed by atoms with Crippen molar-refractivity contribution in [3.05, 3.63) is 35.4 Å². The summed E-state index contributed by atoms with van der Waals surface area (Å²) in [5.74, 6) is 0.279. The minimum absolute atomic E-state index is 0.00939. The number of methoxy groups -OCH3 is 1. The summed E-state index contributed by atoms with van der Waals surface area (Å²) in [6, 6.07) is 7.97. The second kappa shape index (κ2) is 7.47. The topological polar surface area (TPSA) is 58.6 Å². The molecule has 0 unspecified atom stereocenters. The molecule has 1 aliphatic heterocycles. The van der Waals surface area contributed by atoms with Gasteiger partial charge in [0.2, 0.25) is 11.8 Å². The largest absolute Gasteiger partial charge is 0.383 e. The summed E-state index contributed by atoms with van der Waals surface area (Å²) in [5, 5.41) is 2.67. The SMILES string of the molecule is COCCNC(=O)CN1C(=O)CS[C@@H]1c1ccccc1C. The van der Waals surface area contributed by atoms with Gasteiger partial charge in [-0.3, -0.25) is 9.59 Å². The predicted octanol–water partition coefficient (Wildman–Crippen LogP) is 1.33. The molecule has 114 valence electrons. The van der Waals surface area contributed by atoms with Gasteiger partial charge in [-0.15, -0.1) is 11.8 Å². The fourth-order valence-corrected chi connectivity index (χ4v) is 3.53. The van der Waals surface area contributed by atoms with Crippen molar-refractivity contribution in [2.24, 2.45) is 0 Å². The Kier molecular flexibility index (Phi) is 5.64. The second-order valence-electron chi connectivity index (χ2n) is 4.88. The van der Waals surface area contributed by atoms with Crippen molar-refractivity contribution < 1.29 is 14.3 Å². The number of ether oxygens (including phenoxy) is 1. The third-order valence-electron chi connectivity index (χ3n) is 3.36. The summed E-state index contributed by atoms with van der Waals surface area (Å²) in [6.07, 6.45) is 0. The number of carbonyl (C=O) groups excluding carboxylic acids is 2. The average molecular weight is 308 g/mol. The van der Waals surface area contributed by atoms with E-state index in [1.165, 1.54) is 0 Å². The Morgan fingerprint density at radius 2 is 2.24 bits per heavy atom. The molecule has 6 heteroatoms. The summed E-state index contributed by atoms with van der Waals surface area (Å²) >= 11 is 1.57. The number of nitrogens with zero attached hydrogens (tertiary/aromatic N) is 1. The number of amides is 2. The van der Waals surface area contributed by atoms with Crippen LogP contribution in [-0.4, -0.2) is 49.3 Å². The van der Waals surface area contributed by atoms with Crippen molar-refractivity contribution in [2.75, 3.05) is 32.6 Å². The first-order chi connectivity index (χ1) is 10.1. The third-order valence-corrected chi connectivity index (χ3v) is 4.60. The van der Waals surface area contributed by atoms with E-state index in [4.69, 9.17) is 4.74 Å². The monoisotopic (exact) mass is 308 g/mol. The second-order valence-corrected chi connectivity index (χ2v) is 5.95. The Bertz CT molecular complexity index is 521. The Morgan fingerprint density at radius 1 is 1.48 bits per heavy atom. The van der Waals surface area contributed by atoms with Crippen molar-refractivity contribution >= 4 is 23.6 Å². The molecular formula is C15H20N2O3S. The average Bonchev–Trinajstić information content (AvgIpc) is 2.81. The molecule has 1 heterocycles. The summed E-state index contributed by atoms with van der Waals surface area (Å²) in [6.45, 7) is 3.04. The first-order valence-corrected chi connectivity index (χ1v) is 7.90. The highest BCUT2D eigenvalue weighted by molar-refractivity contribution is 8.00. The fraction of sp³-hybridized carbons (Fsp3) is 0.467. The van der Waals surface area contributed by atoms with E-state index in [-0.39, 0.29) is 23.7 Å². The lowest BCUT2D eigenvalue weighted by atomic mass is 10.1. The number of hydrogen-bond donors (Lipinski definition) is 1. The zero-order valence-corrected chi connectivity index (χ0v) is 13.1. The molecule has 1 aromatic rings. The van der Waals surface area contributed by atoms with Gasteiger partial charge in [0.05, 0.1) is 12.4 Å². The lowest BCUT2D eigenvalue weighted by molar-refractivity contribution is -0.133. The van der Waals surface area contributed by atoms with E-state index in [9.17, 15) is 9.59 Å². The molecule has 1 atom stereocenters. The highest BCUT2D eigenvalue weighted by Gasteiger charge is 2.34. The number of benzene rings is 1. The minimum atomic E-state index is -0.151. The Labute approximate surface area is 129 Å². The van der Waals surface area contributed by atoms with Crippen LogP contribution in [0.3, 0.4) is 0 Å². The number of carbonyl (C=O) groups is 2. The Balaban J connectivity index is 2.04. The summed E-state index contributed by atoms with van der Waals surface area (Å²) < 4.78 is 4.89. The Morgan fingerprint density at radius 3 is 2.95 bits per heavy atom. The number of aryl methyl sites for hydroxylation is 1. The molecule has 1 fully saturated rings. The molecule has 1 saturated heterocycles. The van der Waals surface area contributed by atoms with Crippen LogP contribution in [0.5, 0.6) is 0 Å². The lowest BCUT2D eigenvalue weighted by Crippen LogP contribution is -2.40. The maximum atomic E-state index is 12.0. The predicted molar refractivity (Wildman–Crippen MR) is 83.0 cm³/mol. The van der Waals surface area contributed by atoms with Gasteiger partial charge in [0, 0.05) is 13.7 Å². The fourth-order valence-electron chi connectivity index (χ4n) is 2.25. The van der Waals surface area contributed by atoms with E-state index in [1.54, 1.807) is 23.8 Å². The molecule has 2 amide bonds. The van der Waals surface area contributed by atoms with E-state index >= 15 is 0 Å². The first-order valence-electron chi connectivity index (χ1n) is 6.85. The van der Waals surface area contributed by atoms with Crippen LogP contribution in [0.15, 0.2) is 24.3 Å². The number of thioether (sulfide) groups is 1. The van der Waals surface area contributed by atoms with Crippen molar-refractivity contribution in [1.82, 2.24) is 10.2 Å². The lowest BCUT2D eigenvalue weighted by Gasteiger charge is -2.24. The minimum Gasteiger partial charge on any atom is -0.383 e. The molecule has 0 aromatic heterocycles. The van der Waals surface area contributed by atoms with Crippen molar-refractivity contribution in [1.29, 1.82) is 0 Å². The zero-order chi connectivity index (χ0) is 15.2. The van der Waals surface area contributed by atoms with Crippen LogP contribution in [0.2, 0.25) is 0 Å². The van der Waals surface area contributed by atoms with E-state index in [0.717, 1.165) is 11.1 Å². The molecule has 1 aliphatic rings. The highest BCUT2D eigenvalue weighted by atomic mass is 32.2. The van der Waals surface area contributed by atoms with Gasteiger partial charge >= 0.3 is 0 Å². The van der Waals surface area contributed by atoms with Crippen LogP contribution < -0.4 is 5.32 Å².